The normalized spacial score (nSPS) is 13.4. The number of pyridine rings is 1. The third-order valence-corrected chi connectivity index (χ3v) is 4.19. The molecule has 0 aliphatic heterocycles. The first-order valence-electron chi connectivity index (χ1n) is 7.86. The van der Waals surface area contributed by atoms with Crippen LogP contribution in [0.3, 0.4) is 0 Å². The van der Waals surface area contributed by atoms with Crippen molar-refractivity contribution in [1.29, 1.82) is 5.26 Å². The lowest BCUT2D eigenvalue weighted by atomic mass is 9.94. The molecule has 2 atom stereocenters. The number of hydrogen-bond donors (Lipinski definition) is 2. The van der Waals surface area contributed by atoms with Crippen molar-refractivity contribution in [3.63, 3.8) is 0 Å². The van der Waals surface area contributed by atoms with Crippen LogP contribution in [-0.4, -0.2) is 16.2 Å². The van der Waals surface area contributed by atoms with Crippen molar-refractivity contribution >= 4 is 10.9 Å². The number of aromatic amines is 1. The van der Waals surface area contributed by atoms with E-state index >= 15 is 0 Å². The number of nitrogens with zero attached hydrogens (tertiary/aromatic N) is 1. The summed E-state index contributed by atoms with van der Waals surface area (Å²) in [5, 5.41) is 19.8. The summed E-state index contributed by atoms with van der Waals surface area (Å²) in [4.78, 5) is 15.1. The summed E-state index contributed by atoms with van der Waals surface area (Å²) < 4.78 is 0. The highest BCUT2D eigenvalue weighted by atomic mass is 16.3. The zero-order valence-corrected chi connectivity index (χ0v) is 13.4. The predicted octanol–water partition coefficient (Wildman–Crippen LogP) is 3.11. The van der Waals surface area contributed by atoms with Gasteiger partial charge >= 0.3 is 0 Å². The molecule has 0 bridgehead atoms. The standard InChI is InChI=1S/C20H18N2O2/c1-13(23)18(12-21)15-8-6-14(7-9-15)10-17-11-16-4-2-3-5-19(16)22-20(17)24/h2-9,11,13,18,23H,10H2,1H3,(H,22,24). The van der Waals surface area contributed by atoms with E-state index in [1.807, 2.05) is 54.6 Å². The molecule has 0 spiro atoms. The number of H-pyrrole nitrogens is 1. The van der Waals surface area contributed by atoms with E-state index in [0.29, 0.717) is 12.0 Å². The second-order valence-electron chi connectivity index (χ2n) is 5.98. The van der Waals surface area contributed by atoms with Crippen molar-refractivity contribution in [1.82, 2.24) is 4.98 Å². The largest absolute Gasteiger partial charge is 0.392 e. The molecule has 0 radical (unpaired) electrons. The van der Waals surface area contributed by atoms with Gasteiger partial charge in [-0.1, -0.05) is 42.5 Å². The van der Waals surface area contributed by atoms with Crippen molar-refractivity contribution in [2.75, 3.05) is 0 Å². The number of benzene rings is 2. The average Bonchev–Trinajstić information content (AvgIpc) is 2.57. The number of para-hydroxylation sites is 1. The first-order valence-corrected chi connectivity index (χ1v) is 7.86. The summed E-state index contributed by atoms with van der Waals surface area (Å²) in [5.41, 5.74) is 3.21. The maximum Gasteiger partial charge on any atom is 0.251 e. The first-order chi connectivity index (χ1) is 11.6. The minimum atomic E-state index is -0.718. The molecule has 0 amide bonds. The maximum absolute atomic E-state index is 12.2. The third-order valence-electron chi connectivity index (χ3n) is 4.19. The second kappa shape index (κ2) is 6.69. The van der Waals surface area contributed by atoms with E-state index in [-0.39, 0.29) is 5.56 Å². The van der Waals surface area contributed by atoms with Gasteiger partial charge in [0.1, 0.15) is 0 Å². The summed E-state index contributed by atoms with van der Waals surface area (Å²) >= 11 is 0. The van der Waals surface area contributed by atoms with Crippen molar-refractivity contribution < 1.29 is 5.11 Å². The van der Waals surface area contributed by atoms with Crippen LogP contribution in [0.5, 0.6) is 0 Å². The van der Waals surface area contributed by atoms with Gasteiger partial charge in [-0.05, 0) is 35.6 Å². The van der Waals surface area contributed by atoms with Crippen molar-refractivity contribution in [3.05, 3.63) is 81.6 Å². The average molecular weight is 318 g/mol. The highest BCUT2D eigenvalue weighted by Gasteiger charge is 2.16. The smallest absolute Gasteiger partial charge is 0.251 e. The highest BCUT2D eigenvalue weighted by molar-refractivity contribution is 5.78. The molecule has 3 rings (SSSR count). The van der Waals surface area contributed by atoms with Crippen LogP contribution in [0.25, 0.3) is 10.9 Å². The Morgan fingerprint density at radius 3 is 2.54 bits per heavy atom. The predicted molar refractivity (Wildman–Crippen MR) is 93.9 cm³/mol. The monoisotopic (exact) mass is 318 g/mol. The fourth-order valence-electron chi connectivity index (χ4n) is 2.85. The van der Waals surface area contributed by atoms with Crippen LogP contribution in [0.4, 0.5) is 0 Å². The van der Waals surface area contributed by atoms with E-state index in [1.54, 1.807) is 6.92 Å². The molecule has 120 valence electrons. The van der Waals surface area contributed by atoms with Gasteiger partial charge in [-0.25, -0.2) is 0 Å². The van der Waals surface area contributed by atoms with Gasteiger partial charge in [0.05, 0.1) is 18.1 Å². The van der Waals surface area contributed by atoms with Gasteiger partial charge < -0.3 is 10.1 Å². The molecule has 0 saturated carbocycles. The molecular weight excluding hydrogens is 300 g/mol. The molecule has 2 unspecified atom stereocenters. The quantitative estimate of drug-likeness (QED) is 0.776. The number of aliphatic hydroxyl groups is 1. The Morgan fingerprint density at radius 1 is 1.17 bits per heavy atom. The second-order valence-corrected chi connectivity index (χ2v) is 5.98. The minimum absolute atomic E-state index is 0.0864. The van der Waals surface area contributed by atoms with Crippen molar-refractivity contribution in [3.8, 4) is 6.07 Å². The number of rotatable bonds is 4. The number of hydrogen-bond acceptors (Lipinski definition) is 3. The molecule has 0 saturated heterocycles. The van der Waals surface area contributed by atoms with E-state index in [1.165, 1.54) is 0 Å². The van der Waals surface area contributed by atoms with Crippen LogP contribution < -0.4 is 5.56 Å². The lowest BCUT2D eigenvalue weighted by Crippen LogP contribution is -2.13. The Kier molecular flexibility index (Phi) is 4.45. The summed E-state index contributed by atoms with van der Waals surface area (Å²) in [6.07, 6.45) is -0.198. The molecule has 24 heavy (non-hydrogen) atoms. The lowest BCUT2D eigenvalue weighted by Gasteiger charge is -2.13. The van der Waals surface area contributed by atoms with Gasteiger partial charge in [0.25, 0.3) is 5.56 Å². The molecule has 2 aromatic carbocycles. The molecule has 1 heterocycles. The number of nitrogens with one attached hydrogen (secondary N) is 1. The van der Waals surface area contributed by atoms with E-state index in [4.69, 9.17) is 5.26 Å². The van der Waals surface area contributed by atoms with Crippen molar-refractivity contribution in [2.45, 2.75) is 25.4 Å². The fraction of sp³-hybridized carbons (Fsp3) is 0.200. The fourth-order valence-corrected chi connectivity index (χ4v) is 2.85. The van der Waals surface area contributed by atoms with Gasteiger partial charge in [0.15, 0.2) is 0 Å². The Bertz CT molecular complexity index is 950. The Hall–Kier alpha value is -2.90. The van der Waals surface area contributed by atoms with E-state index in [2.05, 4.69) is 11.1 Å². The van der Waals surface area contributed by atoms with Gasteiger partial charge in [-0.15, -0.1) is 0 Å². The Morgan fingerprint density at radius 2 is 1.88 bits per heavy atom. The van der Waals surface area contributed by atoms with Crippen LogP contribution >= 0.6 is 0 Å². The zero-order valence-electron chi connectivity index (χ0n) is 13.4. The van der Waals surface area contributed by atoms with Crippen molar-refractivity contribution in [2.24, 2.45) is 0 Å². The molecule has 0 fully saturated rings. The van der Waals surface area contributed by atoms with Crippen LogP contribution in [-0.2, 0) is 6.42 Å². The summed E-state index contributed by atoms with van der Waals surface area (Å²) in [5.74, 6) is -0.539. The summed E-state index contributed by atoms with van der Waals surface area (Å²) in [6.45, 7) is 1.61. The van der Waals surface area contributed by atoms with Crippen LogP contribution in [0, 0.1) is 11.3 Å². The zero-order chi connectivity index (χ0) is 17.1. The van der Waals surface area contributed by atoms with Gasteiger partial charge in [-0.2, -0.15) is 5.26 Å². The molecule has 0 aliphatic rings. The topological polar surface area (TPSA) is 76.9 Å². The molecule has 1 aromatic heterocycles. The third kappa shape index (κ3) is 3.22. The molecule has 2 N–H and O–H groups in total. The Balaban J connectivity index is 1.88. The van der Waals surface area contributed by atoms with Crippen LogP contribution in [0.1, 0.15) is 29.5 Å². The SMILES string of the molecule is CC(O)C(C#N)c1ccc(Cc2cc3ccccc3[nH]c2=O)cc1. The molecule has 3 aromatic rings. The van der Waals surface area contributed by atoms with Crippen LogP contribution in [0.2, 0.25) is 0 Å². The summed E-state index contributed by atoms with van der Waals surface area (Å²) in [7, 11) is 0. The van der Waals surface area contributed by atoms with Gasteiger partial charge in [0.2, 0.25) is 0 Å². The minimum Gasteiger partial charge on any atom is -0.392 e. The maximum atomic E-state index is 12.2. The molecular formula is C20H18N2O2. The number of fused-ring (bicyclic) bond motifs is 1. The molecule has 4 heteroatoms. The highest BCUT2D eigenvalue weighted by Crippen LogP contribution is 2.20. The number of aliphatic hydroxyl groups excluding tert-OH is 1. The molecule has 0 aliphatic carbocycles. The van der Waals surface area contributed by atoms with E-state index < -0.39 is 12.0 Å². The Labute approximate surface area is 140 Å². The van der Waals surface area contributed by atoms with E-state index in [0.717, 1.165) is 22.0 Å². The van der Waals surface area contributed by atoms with Gasteiger partial charge in [-0.3, -0.25) is 4.79 Å². The lowest BCUT2D eigenvalue weighted by molar-refractivity contribution is 0.181. The van der Waals surface area contributed by atoms with Gasteiger partial charge in [0, 0.05) is 17.5 Å². The first kappa shape index (κ1) is 16.0. The molecule has 4 nitrogen and oxygen atoms in total. The number of nitriles is 1. The van der Waals surface area contributed by atoms with E-state index in [9.17, 15) is 9.90 Å². The van der Waals surface area contributed by atoms with Crippen LogP contribution in [0.15, 0.2) is 59.4 Å². The number of aromatic nitrogens is 1. The summed E-state index contributed by atoms with van der Waals surface area (Å²) in [6, 6.07) is 19.2.